The zero-order chi connectivity index (χ0) is 13.3. The van der Waals surface area contributed by atoms with Crippen molar-refractivity contribution in [2.45, 2.75) is 40.0 Å². The van der Waals surface area contributed by atoms with Crippen LogP contribution in [0, 0.1) is 5.41 Å². The molecule has 0 radical (unpaired) electrons. The first-order valence-corrected chi connectivity index (χ1v) is 5.98. The Morgan fingerprint density at radius 2 is 1.94 bits per heavy atom. The number of hydrogen-bond donors (Lipinski definition) is 2. The van der Waals surface area contributed by atoms with Crippen molar-refractivity contribution < 1.29 is 19.4 Å². The van der Waals surface area contributed by atoms with Crippen LogP contribution in [-0.2, 0) is 14.3 Å². The lowest BCUT2D eigenvalue weighted by Gasteiger charge is -2.18. The Labute approximate surface area is 103 Å². The molecule has 17 heavy (non-hydrogen) atoms. The number of carboxylic acid groups (broad SMARTS) is 1. The van der Waals surface area contributed by atoms with Crippen LogP contribution >= 0.6 is 0 Å². The Morgan fingerprint density at radius 1 is 1.29 bits per heavy atom. The van der Waals surface area contributed by atoms with E-state index in [-0.39, 0.29) is 12.3 Å². The topological polar surface area (TPSA) is 75.6 Å². The third-order valence-corrected chi connectivity index (χ3v) is 2.32. The van der Waals surface area contributed by atoms with Crippen LogP contribution in [0.2, 0.25) is 0 Å². The van der Waals surface area contributed by atoms with Gasteiger partial charge in [0.15, 0.2) is 0 Å². The van der Waals surface area contributed by atoms with Gasteiger partial charge in [-0.05, 0) is 26.7 Å². The van der Waals surface area contributed by atoms with E-state index < -0.39 is 11.4 Å². The van der Waals surface area contributed by atoms with Crippen LogP contribution in [-0.4, -0.2) is 36.7 Å². The van der Waals surface area contributed by atoms with Gasteiger partial charge in [-0.15, -0.1) is 0 Å². The van der Waals surface area contributed by atoms with E-state index in [0.717, 1.165) is 19.4 Å². The van der Waals surface area contributed by atoms with Crippen LogP contribution in [0.25, 0.3) is 0 Å². The predicted octanol–water partition coefficient (Wildman–Crippen LogP) is 1.42. The molecular formula is C12H23NO4. The fraction of sp³-hybridized carbons (Fsp3) is 0.833. The molecule has 5 heteroatoms. The van der Waals surface area contributed by atoms with E-state index in [9.17, 15) is 9.59 Å². The summed E-state index contributed by atoms with van der Waals surface area (Å²) in [5.41, 5.74) is -1.01. The summed E-state index contributed by atoms with van der Waals surface area (Å²) in [6, 6.07) is 0. The summed E-state index contributed by atoms with van der Waals surface area (Å²) >= 11 is 0. The molecule has 1 amide bonds. The maximum absolute atomic E-state index is 11.4. The van der Waals surface area contributed by atoms with Gasteiger partial charge >= 0.3 is 5.97 Å². The average molecular weight is 245 g/mol. The summed E-state index contributed by atoms with van der Waals surface area (Å²) < 4.78 is 5.26. The lowest BCUT2D eigenvalue weighted by Crippen LogP contribution is -2.34. The Kier molecular flexibility index (Phi) is 7.54. The first-order chi connectivity index (χ1) is 7.90. The highest BCUT2D eigenvalue weighted by Gasteiger charge is 2.29. The zero-order valence-electron chi connectivity index (χ0n) is 10.9. The van der Waals surface area contributed by atoms with E-state index in [2.05, 4.69) is 5.32 Å². The summed E-state index contributed by atoms with van der Waals surface area (Å²) in [7, 11) is 0. The number of carboxylic acids is 1. The molecule has 0 saturated heterocycles. The van der Waals surface area contributed by atoms with Gasteiger partial charge in [0.1, 0.15) is 0 Å². The van der Waals surface area contributed by atoms with Gasteiger partial charge in [0, 0.05) is 26.2 Å². The summed E-state index contributed by atoms with van der Waals surface area (Å²) in [5.74, 6) is -1.19. The standard InChI is InChI=1S/C12H23NO4/c1-4-7-17-8-5-6-13-10(14)9-12(2,3)11(15)16/h4-9H2,1-3H3,(H,13,14)(H,15,16). The maximum atomic E-state index is 11.4. The molecule has 0 aliphatic heterocycles. The Bertz CT molecular complexity index is 251. The fourth-order valence-corrected chi connectivity index (χ4v) is 1.19. The number of hydrogen-bond acceptors (Lipinski definition) is 3. The van der Waals surface area contributed by atoms with Gasteiger partial charge in [-0.3, -0.25) is 9.59 Å². The monoisotopic (exact) mass is 245 g/mol. The van der Waals surface area contributed by atoms with Gasteiger partial charge in [-0.1, -0.05) is 6.92 Å². The van der Waals surface area contributed by atoms with E-state index in [1.165, 1.54) is 0 Å². The second-order valence-electron chi connectivity index (χ2n) is 4.68. The van der Waals surface area contributed by atoms with Gasteiger partial charge in [-0.25, -0.2) is 0 Å². The quantitative estimate of drug-likeness (QED) is 0.602. The van der Waals surface area contributed by atoms with Gasteiger partial charge in [0.2, 0.25) is 5.91 Å². The highest BCUT2D eigenvalue weighted by molar-refractivity contribution is 5.84. The third-order valence-electron chi connectivity index (χ3n) is 2.32. The van der Waals surface area contributed by atoms with Gasteiger partial charge < -0.3 is 15.2 Å². The summed E-state index contributed by atoms with van der Waals surface area (Å²) in [6.07, 6.45) is 1.73. The van der Waals surface area contributed by atoms with Crippen LogP contribution in [0.3, 0.4) is 0 Å². The molecule has 100 valence electrons. The summed E-state index contributed by atoms with van der Waals surface area (Å²) in [4.78, 5) is 22.2. The highest BCUT2D eigenvalue weighted by atomic mass is 16.5. The van der Waals surface area contributed by atoms with Crippen LogP contribution < -0.4 is 5.32 Å². The third kappa shape index (κ3) is 7.74. The average Bonchev–Trinajstić information content (AvgIpc) is 2.22. The molecule has 0 aliphatic carbocycles. The van der Waals surface area contributed by atoms with Crippen molar-refractivity contribution >= 4 is 11.9 Å². The zero-order valence-corrected chi connectivity index (χ0v) is 10.9. The normalized spacial score (nSPS) is 11.2. The molecule has 0 aromatic heterocycles. The number of ether oxygens (including phenoxy) is 1. The minimum Gasteiger partial charge on any atom is -0.481 e. The molecule has 0 aromatic rings. The number of rotatable bonds is 9. The lowest BCUT2D eigenvalue weighted by atomic mass is 9.89. The van der Waals surface area contributed by atoms with Crippen molar-refractivity contribution in [1.29, 1.82) is 0 Å². The van der Waals surface area contributed by atoms with Crippen molar-refractivity contribution in [3.8, 4) is 0 Å². The maximum Gasteiger partial charge on any atom is 0.309 e. The van der Waals surface area contributed by atoms with E-state index in [1.807, 2.05) is 6.92 Å². The van der Waals surface area contributed by atoms with E-state index in [1.54, 1.807) is 13.8 Å². The van der Waals surface area contributed by atoms with Crippen molar-refractivity contribution in [2.24, 2.45) is 5.41 Å². The number of amides is 1. The van der Waals surface area contributed by atoms with Gasteiger partial charge in [0.25, 0.3) is 0 Å². The second-order valence-corrected chi connectivity index (χ2v) is 4.68. The number of nitrogens with one attached hydrogen (secondary N) is 1. The SMILES string of the molecule is CCCOCCCNC(=O)CC(C)(C)C(=O)O. The van der Waals surface area contributed by atoms with Crippen LogP contribution in [0.15, 0.2) is 0 Å². The van der Waals surface area contributed by atoms with Crippen LogP contribution in [0.1, 0.15) is 40.0 Å². The van der Waals surface area contributed by atoms with E-state index >= 15 is 0 Å². The number of carbonyl (C=O) groups excluding carboxylic acids is 1. The molecule has 0 rings (SSSR count). The van der Waals surface area contributed by atoms with E-state index in [0.29, 0.717) is 13.2 Å². The molecule has 0 aromatic carbocycles. The van der Waals surface area contributed by atoms with Crippen LogP contribution in [0.5, 0.6) is 0 Å². The summed E-state index contributed by atoms with van der Waals surface area (Å²) in [5, 5.41) is 11.5. The molecular weight excluding hydrogens is 222 g/mol. The minimum atomic E-state index is -1.01. The fourth-order valence-electron chi connectivity index (χ4n) is 1.19. The van der Waals surface area contributed by atoms with Gasteiger partial charge in [0.05, 0.1) is 5.41 Å². The molecule has 0 fully saturated rings. The van der Waals surface area contributed by atoms with Gasteiger partial charge in [-0.2, -0.15) is 0 Å². The molecule has 2 N–H and O–H groups in total. The van der Waals surface area contributed by atoms with Crippen molar-refractivity contribution in [2.75, 3.05) is 19.8 Å². The molecule has 5 nitrogen and oxygen atoms in total. The first-order valence-electron chi connectivity index (χ1n) is 5.98. The summed E-state index contributed by atoms with van der Waals surface area (Å²) in [6.45, 7) is 7.00. The lowest BCUT2D eigenvalue weighted by molar-refractivity contribution is -0.149. The minimum absolute atomic E-state index is 0.00183. The smallest absolute Gasteiger partial charge is 0.309 e. The molecule has 0 bridgehead atoms. The molecule has 0 spiro atoms. The molecule has 0 saturated carbocycles. The highest BCUT2D eigenvalue weighted by Crippen LogP contribution is 2.19. The predicted molar refractivity (Wildman–Crippen MR) is 64.8 cm³/mol. The van der Waals surface area contributed by atoms with Crippen molar-refractivity contribution in [3.05, 3.63) is 0 Å². The Balaban J connectivity index is 3.63. The molecule has 0 aliphatic rings. The Morgan fingerprint density at radius 3 is 2.47 bits per heavy atom. The second kappa shape index (κ2) is 8.06. The molecule has 0 atom stereocenters. The van der Waals surface area contributed by atoms with E-state index in [4.69, 9.17) is 9.84 Å². The molecule has 0 heterocycles. The van der Waals surface area contributed by atoms with Crippen molar-refractivity contribution in [1.82, 2.24) is 5.32 Å². The largest absolute Gasteiger partial charge is 0.481 e. The number of aliphatic carboxylic acids is 1. The van der Waals surface area contributed by atoms with Crippen molar-refractivity contribution in [3.63, 3.8) is 0 Å². The first kappa shape index (κ1) is 15.9. The number of carbonyl (C=O) groups is 2. The Hall–Kier alpha value is -1.10. The molecule has 0 unspecified atom stereocenters. The van der Waals surface area contributed by atoms with Crippen LogP contribution in [0.4, 0.5) is 0 Å².